The van der Waals surface area contributed by atoms with Crippen LogP contribution in [0.15, 0.2) is 42.5 Å². The van der Waals surface area contributed by atoms with E-state index in [0.29, 0.717) is 18.0 Å². The number of primary amides is 1. The van der Waals surface area contributed by atoms with Crippen LogP contribution in [0, 0.1) is 0 Å². The van der Waals surface area contributed by atoms with E-state index in [4.69, 9.17) is 10.5 Å². The number of hydrogen-bond donors (Lipinski definition) is 2. The van der Waals surface area contributed by atoms with Gasteiger partial charge in [-0.1, -0.05) is 25.3 Å². The van der Waals surface area contributed by atoms with Crippen LogP contribution in [-0.4, -0.2) is 29.3 Å². The fourth-order valence-corrected chi connectivity index (χ4v) is 4.73. The Balaban J connectivity index is 2.00. The fraction of sp³-hybridized carbons (Fsp3) is 0.375. The lowest BCUT2D eigenvalue weighted by Gasteiger charge is -2.23. The number of benzene rings is 2. The van der Waals surface area contributed by atoms with Crippen molar-refractivity contribution in [3.63, 3.8) is 0 Å². The smallest absolute Gasteiger partial charge is 0.248 e. The number of aliphatic hydroxyl groups excluding tert-OH is 1. The highest BCUT2D eigenvalue weighted by molar-refractivity contribution is 6.00. The molecule has 0 bridgehead atoms. The maximum Gasteiger partial charge on any atom is 0.248 e. The fourth-order valence-electron chi connectivity index (χ4n) is 4.73. The second kappa shape index (κ2) is 8.29. The van der Waals surface area contributed by atoms with Gasteiger partial charge in [-0.2, -0.15) is 0 Å². The molecule has 0 atom stereocenters. The molecule has 1 aromatic heterocycles. The van der Waals surface area contributed by atoms with E-state index in [1.165, 1.54) is 37.7 Å². The quantitative estimate of drug-likeness (QED) is 0.650. The number of aliphatic hydroxyl groups is 1. The average molecular weight is 392 g/mol. The molecule has 29 heavy (non-hydrogen) atoms. The minimum atomic E-state index is -0.436. The molecule has 3 N–H and O–H groups in total. The van der Waals surface area contributed by atoms with Gasteiger partial charge < -0.3 is 20.1 Å². The molecule has 1 amide bonds. The van der Waals surface area contributed by atoms with Gasteiger partial charge in [-0.3, -0.25) is 4.79 Å². The van der Waals surface area contributed by atoms with Gasteiger partial charge in [0.25, 0.3) is 0 Å². The third-order valence-electron chi connectivity index (χ3n) is 6.09. The zero-order valence-corrected chi connectivity index (χ0v) is 16.9. The standard InChI is InChI=1S/C24H28N2O3/c1-29-19-10-7-17(8-11-19)23-22(16-5-3-2-4-6-16)20-12-9-18(24(25)28)15-21(20)26(23)13-14-27/h7-12,15-16,27H,2-6,13-14H2,1H3,(H2,25,28). The lowest BCUT2D eigenvalue weighted by molar-refractivity contribution is 0.100. The third-order valence-corrected chi connectivity index (χ3v) is 6.09. The zero-order chi connectivity index (χ0) is 20.4. The van der Waals surface area contributed by atoms with Crippen molar-refractivity contribution < 1.29 is 14.6 Å². The van der Waals surface area contributed by atoms with Crippen LogP contribution in [0.1, 0.15) is 53.9 Å². The molecule has 1 aliphatic carbocycles. The molecular weight excluding hydrogens is 364 g/mol. The molecule has 4 rings (SSSR count). The number of carbonyl (C=O) groups excluding carboxylic acids is 1. The summed E-state index contributed by atoms with van der Waals surface area (Å²) >= 11 is 0. The first kappa shape index (κ1) is 19.5. The van der Waals surface area contributed by atoms with E-state index >= 15 is 0 Å². The Labute approximate surface area is 171 Å². The third kappa shape index (κ3) is 3.62. The normalized spacial score (nSPS) is 15.0. The maximum atomic E-state index is 11.8. The Morgan fingerprint density at radius 3 is 2.48 bits per heavy atom. The lowest BCUT2D eigenvalue weighted by Crippen LogP contribution is -2.11. The molecule has 5 heteroatoms. The van der Waals surface area contributed by atoms with Crippen LogP contribution in [0.5, 0.6) is 5.75 Å². The summed E-state index contributed by atoms with van der Waals surface area (Å²) in [5.41, 5.74) is 10.6. The van der Waals surface area contributed by atoms with Gasteiger partial charge >= 0.3 is 0 Å². The van der Waals surface area contributed by atoms with Gasteiger partial charge in [-0.15, -0.1) is 0 Å². The minimum Gasteiger partial charge on any atom is -0.497 e. The number of hydrogen-bond acceptors (Lipinski definition) is 3. The van der Waals surface area contributed by atoms with Crippen LogP contribution in [0.4, 0.5) is 0 Å². The van der Waals surface area contributed by atoms with Crippen molar-refractivity contribution in [3.8, 4) is 17.0 Å². The summed E-state index contributed by atoms with van der Waals surface area (Å²) in [6.45, 7) is 0.491. The van der Waals surface area contributed by atoms with Crippen LogP contribution in [0.3, 0.4) is 0 Å². The minimum absolute atomic E-state index is 0.0256. The molecule has 0 radical (unpaired) electrons. The van der Waals surface area contributed by atoms with Crippen molar-refractivity contribution in [2.45, 2.75) is 44.6 Å². The Morgan fingerprint density at radius 1 is 1.14 bits per heavy atom. The van der Waals surface area contributed by atoms with Gasteiger partial charge in [0.05, 0.1) is 19.4 Å². The number of methoxy groups -OCH3 is 1. The maximum absolute atomic E-state index is 11.8. The summed E-state index contributed by atoms with van der Waals surface area (Å²) in [5.74, 6) is 0.852. The number of nitrogens with two attached hydrogens (primary N) is 1. The first-order valence-corrected chi connectivity index (χ1v) is 10.3. The second-order valence-corrected chi connectivity index (χ2v) is 7.80. The van der Waals surface area contributed by atoms with Crippen molar-refractivity contribution in [2.75, 3.05) is 13.7 Å². The number of nitrogens with zero attached hydrogens (tertiary/aromatic N) is 1. The van der Waals surface area contributed by atoms with Crippen LogP contribution in [0.25, 0.3) is 22.2 Å². The molecule has 1 saturated carbocycles. The average Bonchev–Trinajstić information content (AvgIpc) is 3.08. The van der Waals surface area contributed by atoms with Crippen molar-refractivity contribution in [1.82, 2.24) is 4.57 Å². The molecule has 0 spiro atoms. The largest absolute Gasteiger partial charge is 0.497 e. The molecule has 1 aliphatic rings. The van der Waals surface area contributed by atoms with E-state index < -0.39 is 5.91 Å². The molecule has 3 aromatic rings. The molecule has 1 heterocycles. The Morgan fingerprint density at radius 2 is 1.86 bits per heavy atom. The summed E-state index contributed by atoms with van der Waals surface area (Å²) in [7, 11) is 1.66. The number of amides is 1. The van der Waals surface area contributed by atoms with E-state index in [1.54, 1.807) is 7.11 Å². The van der Waals surface area contributed by atoms with Gasteiger partial charge in [0.1, 0.15) is 5.75 Å². The molecular formula is C24H28N2O3. The van der Waals surface area contributed by atoms with Crippen molar-refractivity contribution in [2.24, 2.45) is 5.73 Å². The van der Waals surface area contributed by atoms with E-state index in [1.807, 2.05) is 30.3 Å². The number of rotatable bonds is 6. The summed E-state index contributed by atoms with van der Waals surface area (Å²) in [6, 6.07) is 13.8. The Hall–Kier alpha value is -2.79. The van der Waals surface area contributed by atoms with Gasteiger partial charge in [-0.05, 0) is 66.3 Å². The van der Waals surface area contributed by atoms with Gasteiger partial charge in [-0.25, -0.2) is 0 Å². The number of ether oxygens (including phenoxy) is 1. The molecule has 5 nitrogen and oxygen atoms in total. The summed E-state index contributed by atoms with van der Waals surface area (Å²) in [4.78, 5) is 11.8. The first-order valence-electron chi connectivity index (χ1n) is 10.3. The summed E-state index contributed by atoms with van der Waals surface area (Å²) < 4.78 is 7.48. The molecule has 1 fully saturated rings. The van der Waals surface area contributed by atoms with Gasteiger partial charge in [0, 0.05) is 23.0 Å². The molecule has 0 aliphatic heterocycles. The SMILES string of the molecule is COc1ccc(-c2c(C3CCCCC3)c3ccc(C(N)=O)cc3n2CCO)cc1. The van der Waals surface area contributed by atoms with Crippen molar-refractivity contribution in [1.29, 1.82) is 0 Å². The van der Waals surface area contributed by atoms with Crippen LogP contribution >= 0.6 is 0 Å². The molecule has 2 aromatic carbocycles. The topological polar surface area (TPSA) is 77.5 Å². The predicted molar refractivity (Wildman–Crippen MR) is 115 cm³/mol. The Bertz CT molecular complexity index is 1010. The lowest BCUT2D eigenvalue weighted by atomic mass is 9.81. The number of fused-ring (bicyclic) bond motifs is 1. The van der Waals surface area contributed by atoms with E-state index in [9.17, 15) is 9.90 Å². The Kier molecular flexibility index (Phi) is 5.58. The highest BCUT2D eigenvalue weighted by atomic mass is 16.5. The van der Waals surface area contributed by atoms with Crippen molar-refractivity contribution in [3.05, 3.63) is 53.6 Å². The van der Waals surface area contributed by atoms with Crippen LogP contribution in [-0.2, 0) is 6.54 Å². The highest BCUT2D eigenvalue weighted by Gasteiger charge is 2.26. The zero-order valence-electron chi connectivity index (χ0n) is 16.9. The number of carbonyl (C=O) groups is 1. The van der Waals surface area contributed by atoms with E-state index in [0.717, 1.165) is 27.9 Å². The van der Waals surface area contributed by atoms with E-state index in [-0.39, 0.29) is 6.61 Å². The number of aromatic nitrogens is 1. The van der Waals surface area contributed by atoms with Crippen LogP contribution < -0.4 is 10.5 Å². The molecule has 0 unspecified atom stereocenters. The highest BCUT2D eigenvalue weighted by Crippen LogP contribution is 2.44. The predicted octanol–water partition coefficient (Wildman–Crippen LogP) is 4.46. The van der Waals surface area contributed by atoms with Gasteiger partial charge in [0.2, 0.25) is 5.91 Å². The monoisotopic (exact) mass is 392 g/mol. The summed E-state index contributed by atoms with van der Waals surface area (Å²) in [6.07, 6.45) is 6.09. The van der Waals surface area contributed by atoms with E-state index in [2.05, 4.69) is 16.7 Å². The molecule has 152 valence electrons. The molecule has 0 saturated heterocycles. The van der Waals surface area contributed by atoms with Gasteiger partial charge in [0.15, 0.2) is 0 Å². The second-order valence-electron chi connectivity index (χ2n) is 7.80. The summed E-state index contributed by atoms with van der Waals surface area (Å²) in [5, 5.41) is 11.0. The van der Waals surface area contributed by atoms with Crippen molar-refractivity contribution >= 4 is 16.8 Å². The van der Waals surface area contributed by atoms with Crippen LogP contribution in [0.2, 0.25) is 0 Å². The first-order chi connectivity index (χ1) is 14.1.